The second kappa shape index (κ2) is 4.37. The largest absolute Gasteiger partial charge is 0.454 e. The number of aromatic amines is 1. The molecular formula is C13H11N5O2. The molecule has 1 N–H and O–H groups in total. The quantitative estimate of drug-likeness (QED) is 0.778. The number of rotatable bonds is 3. The summed E-state index contributed by atoms with van der Waals surface area (Å²) in [4.78, 5) is 7.15. The molecule has 1 aliphatic rings. The van der Waals surface area contributed by atoms with Crippen LogP contribution in [0.15, 0.2) is 36.8 Å². The molecule has 100 valence electrons. The highest BCUT2D eigenvalue weighted by molar-refractivity contribution is 5.46. The van der Waals surface area contributed by atoms with Crippen molar-refractivity contribution in [2.24, 2.45) is 0 Å². The van der Waals surface area contributed by atoms with Crippen LogP contribution >= 0.6 is 0 Å². The van der Waals surface area contributed by atoms with Gasteiger partial charge in [0, 0.05) is 12.4 Å². The third kappa shape index (κ3) is 1.89. The summed E-state index contributed by atoms with van der Waals surface area (Å²) >= 11 is 0. The molecular weight excluding hydrogens is 258 g/mol. The van der Waals surface area contributed by atoms with E-state index in [1.54, 1.807) is 17.1 Å². The summed E-state index contributed by atoms with van der Waals surface area (Å²) < 4.78 is 12.4. The minimum atomic E-state index is 0.282. The van der Waals surface area contributed by atoms with Gasteiger partial charge in [-0.15, -0.1) is 5.10 Å². The Morgan fingerprint density at radius 2 is 2.20 bits per heavy atom. The Morgan fingerprint density at radius 3 is 3.10 bits per heavy atom. The molecule has 2 aromatic heterocycles. The number of benzene rings is 1. The molecule has 7 nitrogen and oxygen atoms in total. The first-order chi connectivity index (χ1) is 9.88. The Labute approximate surface area is 114 Å². The van der Waals surface area contributed by atoms with E-state index in [2.05, 4.69) is 20.3 Å². The molecule has 0 saturated heterocycles. The highest BCUT2D eigenvalue weighted by atomic mass is 16.7. The van der Waals surface area contributed by atoms with Crippen LogP contribution in [-0.2, 0) is 6.54 Å². The first-order valence-electron chi connectivity index (χ1n) is 6.17. The third-order valence-electron chi connectivity index (χ3n) is 3.06. The lowest BCUT2D eigenvalue weighted by Crippen LogP contribution is -2.00. The second-order valence-corrected chi connectivity index (χ2v) is 4.43. The zero-order valence-corrected chi connectivity index (χ0v) is 10.5. The average Bonchev–Trinajstić information content (AvgIpc) is 3.19. The number of H-pyrrole nitrogens is 1. The SMILES string of the molecule is c1c[nH]c(-c2cn(Cc3ccc4c(c3)OCO4)nn2)n1. The van der Waals surface area contributed by atoms with Crippen LogP contribution in [-0.4, -0.2) is 31.8 Å². The van der Waals surface area contributed by atoms with Gasteiger partial charge in [-0.3, -0.25) is 0 Å². The summed E-state index contributed by atoms with van der Waals surface area (Å²) in [6.45, 7) is 0.898. The van der Waals surface area contributed by atoms with E-state index in [4.69, 9.17) is 9.47 Å². The van der Waals surface area contributed by atoms with Crippen molar-refractivity contribution >= 4 is 0 Å². The van der Waals surface area contributed by atoms with E-state index < -0.39 is 0 Å². The van der Waals surface area contributed by atoms with Crippen molar-refractivity contribution in [3.05, 3.63) is 42.4 Å². The number of aromatic nitrogens is 5. The van der Waals surface area contributed by atoms with Crippen molar-refractivity contribution < 1.29 is 9.47 Å². The highest BCUT2D eigenvalue weighted by Crippen LogP contribution is 2.32. The van der Waals surface area contributed by atoms with Crippen LogP contribution in [0.3, 0.4) is 0 Å². The minimum absolute atomic E-state index is 0.282. The molecule has 0 aliphatic carbocycles. The maximum absolute atomic E-state index is 5.36. The lowest BCUT2D eigenvalue weighted by Gasteiger charge is -2.02. The van der Waals surface area contributed by atoms with Crippen LogP contribution in [0.1, 0.15) is 5.56 Å². The lowest BCUT2D eigenvalue weighted by atomic mass is 10.2. The van der Waals surface area contributed by atoms with Gasteiger partial charge in [0.15, 0.2) is 17.3 Å². The molecule has 3 aromatic rings. The van der Waals surface area contributed by atoms with E-state index in [1.165, 1.54) is 0 Å². The average molecular weight is 269 g/mol. The van der Waals surface area contributed by atoms with Gasteiger partial charge in [0.1, 0.15) is 5.69 Å². The first kappa shape index (κ1) is 11.0. The molecule has 0 fully saturated rings. The predicted molar refractivity (Wildman–Crippen MR) is 69.3 cm³/mol. The number of ether oxygens (including phenoxy) is 2. The molecule has 0 saturated carbocycles. The fourth-order valence-corrected chi connectivity index (χ4v) is 2.12. The summed E-state index contributed by atoms with van der Waals surface area (Å²) in [6.07, 6.45) is 5.29. The first-order valence-corrected chi connectivity index (χ1v) is 6.17. The number of hydrogen-bond acceptors (Lipinski definition) is 5. The fourth-order valence-electron chi connectivity index (χ4n) is 2.12. The summed E-state index contributed by atoms with van der Waals surface area (Å²) in [5, 5.41) is 8.19. The van der Waals surface area contributed by atoms with Gasteiger partial charge in [-0.25, -0.2) is 9.67 Å². The molecule has 0 bridgehead atoms. The molecule has 3 heterocycles. The third-order valence-corrected chi connectivity index (χ3v) is 3.06. The van der Waals surface area contributed by atoms with Gasteiger partial charge in [-0.2, -0.15) is 0 Å². The van der Waals surface area contributed by atoms with Gasteiger partial charge >= 0.3 is 0 Å². The van der Waals surface area contributed by atoms with Crippen molar-refractivity contribution in [1.82, 2.24) is 25.0 Å². The standard InChI is InChI=1S/C13H11N5O2/c1-2-11-12(20-8-19-11)5-9(1)6-18-7-10(16-17-18)13-14-3-4-15-13/h1-5,7H,6,8H2,(H,14,15). The maximum atomic E-state index is 5.36. The molecule has 4 rings (SSSR count). The van der Waals surface area contributed by atoms with Crippen LogP contribution in [0.4, 0.5) is 0 Å². The van der Waals surface area contributed by atoms with Gasteiger partial charge in [-0.05, 0) is 17.7 Å². The Morgan fingerprint density at radius 1 is 1.25 bits per heavy atom. The van der Waals surface area contributed by atoms with E-state index in [9.17, 15) is 0 Å². The van der Waals surface area contributed by atoms with Gasteiger partial charge in [0.05, 0.1) is 12.7 Å². The minimum Gasteiger partial charge on any atom is -0.454 e. The molecule has 1 aromatic carbocycles. The van der Waals surface area contributed by atoms with Crippen LogP contribution in [0.2, 0.25) is 0 Å². The van der Waals surface area contributed by atoms with Crippen LogP contribution in [0, 0.1) is 0 Å². The predicted octanol–water partition coefficient (Wildman–Crippen LogP) is 1.45. The molecule has 7 heteroatoms. The van der Waals surface area contributed by atoms with Gasteiger partial charge in [-0.1, -0.05) is 11.3 Å². The Balaban J connectivity index is 1.57. The topological polar surface area (TPSA) is 77.9 Å². The number of hydrogen-bond donors (Lipinski definition) is 1. The smallest absolute Gasteiger partial charge is 0.231 e. The van der Waals surface area contributed by atoms with Gasteiger partial charge in [0.2, 0.25) is 6.79 Å². The highest BCUT2D eigenvalue weighted by Gasteiger charge is 2.13. The summed E-state index contributed by atoms with van der Waals surface area (Å²) in [5.74, 6) is 2.26. The Bertz CT molecular complexity index is 735. The Kier molecular flexibility index (Phi) is 2.41. The van der Waals surface area contributed by atoms with E-state index in [-0.39, 0.29) is 6.79 Å². The zero-order valence-electron chi connectivity index (χ0n) is 10.5. The van der Waals surface area contributed by atoms with E-state index in [0.717, 1.165) is 22.8 Å². The van der Waals surface area contributed by atoms with E-state index in [1.807, 2.05) is 24.4 Å². The normalized spacial score (nSPS) is 12.8. The Hall–Kier alpha value is -2.83. The van der Waals surface area contributed by atoms with E-state index >= 15 is 0 Å². The van der Waals surface area contributed by atoms with Crippen molar-refractivity contribution in [2.45, 2.75) is 6.54 Å². The molecule has 0 amide bonds. The zero-order chi connectivity index (χ0) is 13.4. The van der Waals surface area contributed by atoms with Crippen molar-refractivity contribution in [3.63, 3.8) is 0 Å². The summed E-state index contributed by atoms with van der Waals surface area (Å²) in [5.41, 5.74) is 1.79. The molecule has 0 radical (unpaired) electrons. The monoisotopic (exact) mass is 269 g/mol. The van der Waals surface area contributed by atoms with Crippen molar-refractivity contribution in [2.75, 3.05) is 6.79 Å². The number of nitrogens with zero attached hydrogens (tertiary/aromatic N) is 4. The van der Waals surface area contributed by atoms with Crippen LogP contribution in [0.25, 0.3) is 11.5 Å². The molecule has 0 unspecified atom stereocenters. The number of imidazole rings is 1. The maximum Gasteiger partial charge on any atom is 0.231 e. The van der Waals surface area contributed by atoms with Crippen molar-refractivity contribution in [3.8, 4) is 23.0 Å². The van der Waals surface area contributed by atoms with E-state index in [0.29, 0.717) is 12.4 Å². The fraction of sp³-hybridized carbons (Fsp3) is 0.154. The van der Waals surface area contributed by atoms with Crippen LogP contribution < -0.4 is 9.47 Å². The van der Waals surface area contributed by atoms with Crippen molar-refractivity contribution in [1.29, 1.82) is 0 Å². The second-order valence-electron chi connectivity index (χ2n) is 4.43. The van der Waals surface area contributed by atoms with Gasteiger partial charge in [0.25, 0.3) is 0 Å². The summed E-state index contributed by atoms with van der Waals surface area (Å²) in [7, 11) is 0. The molecule has 0 spiro atoms. The molecule has 1 aliphatic heterocycles. The summed E-state index contributed by atoms with van der Waals surface area (Å²) in [6, 6.07) is 5.85. The molecule has 20 heavy (non-hydrogen) atoms. The number of fused-ring (bicyclic) bond motifs is 1. The molecule has 0 atom stereocenters. The lowest BCUT2D eigenvalue weighted by molar-refractivity contribution is 0.174. The van der Waals surface area contributed by atoms with Crippen LogP contribution in [0.5, 0.6) is 11.5 Å². The van der Waals surface area contributed by atoms with Gasteiger partial charge < -0.3 is 14.5 Å². The number of nitrogens with one attached hydrogen (secondary N) is 1.